The van der Waals surface area contributed by atoms with Crippen LogP contribution in [0.2, 0.25) is 0 Å². The highest BCUT2D eigenvalue weighted by Crippen LogP contribution is 2.16. The minimum absolute atomic E-state index is 0.205. The summed E-state index contributed by atoms with van der Waals surface area (Å²) >= 11 is 0. The van der Waals surface area contributed by atoms with Crippen LogP contribution in [0.15, 0.2) is 30.6 Å². The molecule has 16 heavy (non-hydrogen) atoms. The molecule has 1 aromatic heterocycles. The van der Waals surface area contributed by atoms with Crippen molar-refractivity contribution in [1.82, 2.24) is 9.97 Å². The zero-order valence-corrected chi connectivity index (χ0v) is 8.45. The molecular weight excluding hydrogens is 212 g/mol. The molecule has 0 spiro atoms. The third-order valence-electron chi connectivity index (χ3n) is 2.32. The number of benzene rings is 1. The first kappa shape index (κ1) is 10.8. The van der Waals surface area contributed by atoms with Crippen LogP contribution in [0.3, 0.4) is 0 Å². The molecule has 1 aromatic carbocycles. The zero-order valence-electron chi connectivity index (χ0n) is 8.45. The van der Waals surface area contributed by atoms with Crippen molar-refractivity contribution in [2.24, 2.45) is 5.73 Å². The van der Waals surface area contributed by atoms with Crippen LogP contribution in [0.5, 0.6) is 0 Å². The van der Waals surface area contributed by atoms with Gasteiger partial charge in [0.05, 0.1) is 6.04 Å². The molecule has 5 heteroatoms. The number of aromatic nitrogens is 2. The lowest BCUT2D eigenvalue weighted by atomic mass is 10.1. The number of H-pyrrole nitrogens is 1. The summed E-state index contributed by atoms with van der Waals surface area (Å²) in [6.07, 6.45) is 3.41. The Labute approximate surface area is 91.3 Å². The molecule has 0 saturated heterocycles. The number of hydrogen-bond acceptors (Lipinski definition) is 2. The third-order valence-corrected chi connectivity index (χ3v) is 2.32. The lowest BCUT2D eigenvalue weighted by molar-refractivity contribution is 0.568. The van der Waals surface area contributed by atoms with E-state index in [0.29, 0.717) is 5.82 Å². The Morgan fingerprint density at radius 1 is 1.38 bits per heavy atom. The van der Waals surface area contributed by atoms with Crippen molar-refractivity contribution in [2.45, 2.75) is 12.5 Å². The minimum Gasteiger partial charge on any atom is -0.347 e. The number of nitrogens with one attached hydrogen (secondary N) is 1. The molecule has 1 heterocycles. The Bertz CT molecular complexity index is 468. The van der Waals surface area contributed by atoms with Gasteiger partial charge in [-0.25, -0.2) is 13.8 Å². The van der Waals surface area contributed by atoms with E-state index in [2.05, 4.69) is 9.97 Å². The zero-order chi connectivity index (χ0) is 11.5. The molecule has 0 saturated carbocycles. The molecule has 0 radical (unpaired) electrons. The number of imidazole rings is 1. The van der Waals surface area contributed by atoms with Gasteiger partial charge in [0.2, 0.25) is 0 Å². The van der Waals surface area contributed by atoms with Gasteiger partial charge in [-0.1, -0.05) is 0 Å². The molecular formula is C11H11F2N3. The summed E-state index contributed by atoms with van der Waals surface area (Å²) in [6, 6.07) is 2.86. The molecule has 3 nitrogen and oxygen atoms in total. The molecule has 1 unspecified atom stereocenters. The summed E-state index contributed by atoms with van der Waals surface area (Å²) in [4.78, 5) is 6.81. The average molecular weight is 223 g/mol. The predicted molar refractivity (Wildman–Crippen MR) is 55.6 cm³/mol. The van der Waals surface area contributed by atoms with Gasteiger partial charge in [0.15, 0.2) is 0 Å². The molecule has 0 aliphatic rings. The Morgan fingerprint density at radius 2 is 2.19 bits per heavy atom. The highest BCUT2D eigenvalue weighted by molar-refractivity contribution is 5.20. The molecule has 2 aromatic rings. The molecule has 84 valence electrons. The second kappa shape index (κ2) is 4.40. The van der Waals surface area contributed by atoms with Gasteiger partial charge in [-0.2, -0.15) is 0 Å². The number of aromatic amines is 1. The van der Waals surface area contributed by atoms with Crippen molar-refractivity contribution < 1.29 is 8.78 Å². The Hall–Kier alpha value is -1.75. The van der Waals surface area contributed by atoms with Crippen LogP contribution in [-0.2, 0) is 6.42 Å². The van der Waals surface area contributed by atoms with E-state index in [-0.39, 0.29) is 12.0 Å². The van der Waals surface area contributed by atoms with Crippen molar-refractivity contribution in [3.8, 4) is 0 Å². The van der Waals surface area contributed by atoms with Gasteiger partial charge < -0.3 is 10.7 Å². The Balaban J connectivity index is 2.17. The van der Waals surface area contributed by atoms with Gasteiger partial charge in [0.25, 0.3) is 0 Å². The highest BCUT2D eigenvalue weighted by Gasteiger charge is 2.12. The van der Waals surface area contributed by atoms with Crippen molar-refractivity contribution in [1.29, 1.82) is 0 Å². The van der Waals surface area contributed by atoms with Gasteiger partial charge in [-0.3, -0.25) is 0 Å². The Morgan fingerprint density at radius 3 is 2.88 bits per heavy atom. The minimum atomic E-state index is -0.469. The number of nitrogens with two attached hydrogens (primary N) is 1. The quantitative estimate of drug-likeness (QED) is 0.835. The fraction of sp³-hybridized carbons (Fsp3) is 0.182. The van der Waals surface area contributed by atoms with E-state index in [9.17, 15) is 8.78 Å². The van der Waals surface area contributed by atoms with Crippen LogP contribution in [0.25, 0.3) is 0 Å². The van der Waals surface area contributed by atoms with Gasteiger partial charge in [-0.05, 0) is 30.2 Å². The molecule has 0 bridgehead atoms. The van der Waals surface area contributed by atoms with Crippen LogP contribution >= 0.6 is 0 Å². The van der Waals surface area contributed by atoms with Crippen molar-refractivity contribution in [3.05, 3.63) is 53.6 Å². The van der Waals surface area contributed by atoms with Crippen molar-refractivity contribution in [3.63, 3.8) is 0 Å². The SMILES string of the molecule is NC(Cc1cc(F)ccc1F)c1ncc[nH]1. The molecule has 0 fully saturated rings. The number of halogens is 2. The van der Waals surface area contributed by atoms with E-state index in [1.807, 2.05) is 0 Å². The molecule has 0 amide bonds. The van der Waals surface area contributed by atoms with Crippen LogP contribution in [0.1, 0.15) is 17.4 Å². The van der Waals surface area contributed by atoms with Crippen LogP contribution in [0.4, 0.5) is 8.78 Å². The van der Waals surface area contributed by atoms with Gasteiger partial charge >= 0.3 is 0 Å². The number of rotatable bonds is 3. The van der Waals surface area contributed by atoms with E-state index in [1.54, 1.807) is 12.4 Å². The largest absolute Gasteiger partial charge is 0.347 e. The summed E-state index contributed by atoms with van der Waals surface area (Å²) in [7, 11) is 0. The maximum atomic E-state index is 13.3. The molecule has 2 rings (SSSR count). The molecule has 0 aliphatic carbocycles. The Kier molecular flexibility index (Phi) is 2.96. The standard InChI is InChI=1S/C11H11F2N3/c12-8-1-2-9(13)7(5-8)6-10(14)11-15-3-4-16-11/h1-5,10H,6,14H2,(H,15,16). The maximum absolute atomic E-state index is 13.3. The van der Waals surface area contributed by atoms with Crippen LogP contribution in [-0.4, -0.2) is 9.97 Å². The van der Waals surface area contributed by atoms with Crippen LogP contribution in [0, 0.1) is 11.6 Å². The molecule has 3 N–H and O–H groups in total. The lowest BCUT2D eigenvalue weighted by Crippen LogP contribution is -2.15. The predicted octanol–water partition coefficient (Wildman–Crippen LogP) is 1.93. The lowest BCUT2D eigenvalue weighted by Gasteiger charge is -2.09. The fourth-order valence-corrected chi connectivity index (χ4v) is 1.51. The van der Waals surface area contributed by atoms with E-state index in [1.165, 1.54) is 0 Å². The maximum Gasteiger partial charge on any atom is 0.126 e. The third kappa shape index (κ3) is 2.25. The number of nitrogens with zero attached hydrogens (tertiary/aromatic N) is 1. The van der Waals surface area contributed by atoms with Crippen LogP contribution < -0.4 is 5.73 Å². The van der Waals surface area contributed by atoms with E-state index >= 15 is 0 Å². The molecule has 1 atom stereocenters. The summed E-state index contributed by atoms with van der Waals surface area (Å²) in [5, 5.41) is 0. The second-order valence-electron chi connectivity index (χ2n) is 3.52. The smallest absolute Gasteiger partial charge is 0.126 e. The highest BCUT2D eigenvalue weighted by atomic mass is 19.1. The summed E-state index contributed by atoms with van der Waals surface area (Å²) in [6.45, 7) is 0. The van der Waals surface area contributed by atoms with Crippen molar-refractivity contribution >= 4 is 0 Å². The average Bonchev–Trinajstić information content (AvgIpc) is 2.76. The van der Waals surface area contributed by atoms with Gasteiger partial charge in [0.1, 0.15) is 17.5 Å². The van der Waals surface area contributed by atoms with E-state index in [0.717, 1.165) is 18.2 Å². The monoisotopic (exact) mass is 223 g/mol. The normalized spacial score (nSPS) is 12.7. The topological polar surface area (TPSA) is 54.7 Å². The number of hydrogen-bond donors (Lipinski definition) is 2. The van der Waals surface area contributed by atoms with Gasteiger partial charge in [-0.15, -0.1) is 0 Å². The van der Waals surface area contributed by atoms with E-state index in [4.69, 9.17) is 5.73 Å². The summed E-state index contributed by atoms with van der Waals surface area (Å²) in [5.74, 6) is -0.366. The first-order valence-corrected chi connectivity index (χ1v) is 4.85. The summed E-state index contributed by atoms with van der Waals surface area (Å²) in [5.41, 5.74) is 6.06. The summed E-state index contributed by atoms with van der Waals surface area (Å²) < 4.78 is 26.2. The first-order chi connectivity index (χ1) is 7.66. The fourth-order valence-electron chi connectivity index (χ4n) is 1.51. The van der Waals surface area contributed by atoms with E-state index < -0.39 is 17.7 Å². The molecule has 0 aliphatic heterocycles. The second-order valence-corrected chi connectivity index (χ2v) is 3.52. The first-order valence-electron chi connectivity index (χ1n) is 4.85. The van der Waals surface area contributed by atoms with Gasteiger partial charge in [0, 0.05) is 12.4 Å². The van der Waals surface area contributed by atoms with Crippen molar-refractivity contribution in [2.75, 3.05) is 0 Å².